The molecular formula is C20H24NO6+. The van der Waals surface area contributed by atoms with Gasteiger partial charge in [-0.25, -0.2) is 9.59 Å². The van der Waals surface area contributed by atoms with Crippen LogP contribution in [-0.4, -0.2) is 57.2 Å². The minimum Gasteiger partial charge on any atom is -0.428 e. The van der Waals surface area contributed by atoms with Crippen LogP contribution in [0.15, 0.2) is 60.7 Å². The predicted molar refractivity (Wildman–Crippen MR) is 98.7 cm³/mol. The van der Waals surface area contributed by atoms with Gasteiger partial charge in [-0.1, -0.05) is 36.4 Å². The molecule has 144 valence electrons. The molecular weight excluding hydrogens is 350 g/mol. The molecule has 0 bridgehead atoms. The topological polar surface area (TPSA) is 71.1 Å². The lowest BCUT2D eigenvalue weighted by Crippen LogP contribution is -2.45. The van der Waals surface area contributed by atoms with Crippen LogP contribution in [0.1, 0.15) is 0 Å². The molecule has 0 atom stereocenters. The first-order chi connectivity index (χ1) is 12.9. The maximum absolute atomic E-state index is 11.6. The van der Waals surface area contributed by atoms with Crippen LogP contribution in [-0.2, 0) is 9.47 Å². The molecule has 0 radical (unpaired) electrons. The summed E-state index contributed by atoms with van der Waals surface area (Å²) in [5.41, 5.74) is 0. The van der Waals surface area contributed by atoms with Crippen molar-refractivity contribution < 1.29 is 33.0 Å². The van der Waals surface area contributed by atoms with Crippen molar-refractivity contribution >= 4 is 12.3 Å². The van der Waals surface area contributed by atoms with Crippen molar-refractivity contribution in [2.45, 2.75) is 0 Å². The highest BCUT2D eigenvalue weighted by Gasteiger charge is 2.18. The number of hydrogen-bond donors (Lipinski definition) is 0. The monoisotopic (exact) mass is 374 g/mol. The van der Waals surface area contributed by atoms with Gasteiger partial charge in [-0.2, -0.15) is 0 Å². The van der Waals surface area contributed by atoms with Crippen LogP contribution < -0.4 is 9.47 Å². The maximum atomic E-state index is 11.6. The van der Waals surface area contributed by atoms with E-state index < -0.39 is 12.3 Å². The molecule has 7 heteroatoms. The summed E-state index contributed by atoms with van der Waals surface area (Å²) in [7, 11) is 3.88. The second kappa shape index (κ2) is 10.2. The predicted octanol–water partition coefficient (Wildman–Crippen LogP) is 3.49. The summed E-state index contributed by atoms with van der Waals surface area (Å²) in [5.74, 6) is 0.864. The van der Waals surface area contributed by atoms with Crippen molar-refractivity contribution in [2.24, 2.45) is 0 Å². The Labute approximate surface area is 158 Å². The van der Waals surface area contributed by atoms with E-state index in [1.165, 1.54) is 0 Å². The molecule has 0 amide bonds. The summed E-state index contributed by atoms with van der Waals surface area (Å²) < 4.78 is 20.7. The lowest BCUT2D eigenvalue weighted by molar-refractivity contribution is -0.890. The van der Waals surface area contributed by atoms with E-state index in [0.717, 1.165) is 0 Å². The smallest absolute Gasteiger partial charge is 0.428 e. The Bertz CT molecular complexity index is 656. The third-order valence-corrected chi connectivity index (χ3v) is 3.72. The van der Waals surface area contributed by atoms with Crippen LogP contribution in [0.2, 0.25) is 0 Å². The molecule has 27 heavy (non-hydrogen) atoms. The van der Waals surface area contributed by atoms with Crippen LogP contribution >= 0.6 is 0 Å². The largest absolute Gasteiger partial charge is 0.514 e. The van der Waals surface area contributed by atoms with Gasteiger partial charge in [-0.15, -0.1) is 0 Å². The average molecular weight is 374 g/mol. The molecule has 7 nitrogen and oxygen atoms in total. The highest BCUT2D eigenvalue weighted by atomic mass is 16.7. The fraction of sp³-hybridized carbons (Fsp3) is 0.300. The van der Waals surface area contributed by atoms with E-state index in [0.29, 0.717) is 29.1 Å². The van der Waals surface area contributed by atoms with Crippen LogP contribution in [0, 0.1) is 0 Å². The number of para-hydroxylation sites is 2. The molecule has 0 heterocycles. The SMILES string of the molecule is C[N+](C)(CCOC(=O)Oc1ccccc1)CCOC(=O)Oc1ccccc1. The first kappa shape index (κ1) is 20.3. The number of nitrogens with zero attached hydrogens (tertiary/aromatic N) is 1. The quantitative estimate of drug-likeness (QED) is 0.400. The standard InChI is InChI=1S/C20H24NO6/c1-21(2,13-15-24-19(22)26-17-9-5-3-6-10-17)14-16-25-20(23)27-18-11-7-4-8-12-18/h3-12H,13-16H2,1-2H3/q+1. The Morgan fingerprint density at radius 3 is 1.44 bits per heavy atom. The van der Waals surface area contributed by atoms with E-state index >= 15 is 0 Å². The summed E-state index contributed by atoms with van der Waals surface area (Å²) in [4.78, 5) is 23.3. The third kappa shape index (κ3) is 8.24. The van der Waals surface area contributed by atoms with Gasteiger partial charge in [0.2, 0.25) is 0 Å². The Morgan fingerprint density at radius 1 is 0.704 bits per heavy atom. The fourth-order valence-electron chi connectivity index (χ4n) is 2.09. The highest BCUT2D eigenvalue weighted by Crippen LogP contribution is 2.10. The van der Waals surface area contributed by atoms with Gasteiger partial charge in [0.15, 0.2) is 0 Å². The molecule has 2 rings (SSSR count). The molecule has 2 aromatic carbocycles. The zero-order valence-corrected chi connectivity index (χ0v) is 15.5. The summed E-state index contributed by atoms with van der Waals surface area (Å²) in [6, 6.07) is 17.4. The Balaban J connectivity index is 1.61. The minimum atomic E-state index is -0.746. The first-order valence-electron chi connectivity index (χ1n) is 8.56. The van der Waals surface area contributed by atoms with Crippen LogP contribution in [0.3, 0.4) is 0 Å². The van der Waals surface area contributed by atoms with E-state index in [-0.39, 0.29) is 13.2 Å². The summed E-state index contributed by atoms with van der Waals surface area (Å²) >= 11 is 0. The lowest BCUT2D eigenvalue weighted by Gasteiger charge is -2.28. The van der Waals surface area contributed by atoms with Crippen LogP contribution in [0.25, 0.3) is 0 Å². The number of benzene rings is 2. The number of ether oxygens (including phenoxy) is 4. The normalized spacial score (nSPS) is 10.7. The van der Waals surface area contributed by atoms with Gasteiger partial charge >= 0.3 is 12.3 Å². The number of carbonyl (C=O) groups is 2. The van der Waals surface area contributed by atoms with Gasteiger partial charge in [0.25, 0.3) is 0 Å². The summed E-state index contributed by atoms with van der Waals surface area (Å²) in [6.07, 6.45) is -1.49. The van der Waals surface area contributed by atoms with E-state index in [1.54, 1.807) is 48.5 Å². The fourth-order valence-corrected chi connectivity index (χ4v) is 2.09. The van der Waals surface area contributed by atoms with Gasteiger partial charge in [-0.3, -0.25) is 0 Å². The lowest BCUT2D eigenvalue weighted by atomic mass is 10.3. The summed E-state index contributed by atoms with van der Waals surface area (Å²) in [6.45, 7) is 1.46. The van der Waals surface area contributed by atoms with E-state index in [1.807, 2.05) is 26.2 Å². The highest BCUT2D eigenvalue weighted by molar-refractivity contribution is 5.64. The minimum absolute atomic E-state index is 0.188. The number of carbonyl (C=O) groups excluding carboxylic acids is 2. The van der Waals surface area contributed by atoms with Crippen molar-refractivity contribution in [2.75, 3.05) is 40.4 Å². The number of rotatable bonds is 8. The van der Waals surface area contributed by atoms with Gasteiger partial charge in [0.1, 0.15) is 37.8 Å². The molecule has 0 spiro atoms. The second-order valence-corrected chi connectivity index (χ2v) is 6.41. The first-order valence-corrected chi connectivity index (χ1v) is 8.56. The van der Waals surface area contributed by atoms with Crippen LogP contribution in [0.4, 0.5) is 9.59 Å². The third-order valence-electron chi connectivity index (χ3n) is 3.72. The van der Waals surface area contributed by atoms with Gasteiger partial charge < -0.3 is 23.4 Å². The Kier molecular flexibility index (Phi) is 7.63. The molecule has 0 aromatic heterocycles. The molecule has 0 saturated carbocycles. The van der Waals surface area contributed by atoms with Crippen molar-refractivity contribution in [3.05, 3.63) is 60.7 Å². The molecule has 2 aromatic rings. The summed E-state index contributed by atoms with van der Waals surface area (Å²) in [5, 5.41) is 0. The average Bonchev–Trinajstić information content (AvgIpc) is 2.63. The van der Waals surface area contributed by atoms with E-state index in [4.69, 9.17) is 18.9 Å². The molecule has 0 fully saturated rings. The Morgan fingerprint density at radius 2 is 1.07 bits per heavy atom. The van der Waals surface area contributed by atoms with E-state index in [2.05, 4.69) is 0 Å². The van der Waals surface area contributed by atoms with Crippen molar-refractivity contribution in [1.29, 1.82) is 0 Å². The molecule has 0 unspecified atom stereocenters. The van der Waals surface area contributed by atoms with Crippen molar-refractivity contribution in [3.8, 4) is 11.5 Å². The van der Waals surface area contributed by atoms with Crippen LogP contribution in [0.5, 0.6) is 11.5 Å². The molecule has 0 N–H and O–H groups in total. The van der Waals surface area contributed by atoms with Gasteiger partial charge in [-0.05, 0) is 24.3 Å². The molecule has 0 aliphatic heterocycles. The van der Waals surface area contributed by atoms with Crippen molar-refractivity contribution in [3.63, 3.8) is 0 Å². The second-order valence-electron chi connectivity index (χ2n) is 6.41. The zero-order valence-electron chi connectivity index (χ0n) is 15.5. The van der Waals surface area contributed by atoms with Gasteiger partial charge in [0.05, 0.1) is 14.1 Å². The molecule has 0 saturated heterocycles. The molecule has 0 aliphatic rings. The van der Waals surface area contributed by atoms with E-state index in [9.17, 15) is 9.59 Å². The van der Waals surface area contributed by atoms with Crippen molar-refractivity contribution in [1.82, 2.24) is 0 Å². The van der Waals surface area contributed by atoms with Gasteiger partial charge in [0, 0.05) is 0 Å². The number of quaternary nitrogens is 1. The number of hydrogen-bond acceptors (Lipinski definition) is 6. The zero-order chi connectivity index (χ0) is 19.5. The maximum Gasteiger partial charge on any atom is 0.514 e. The molecule has 0 aliphatic carbocycles. The Hall–Kier alpha value is -3.06. The number of likely N-dealkylation sites (N-methyl/N-ethyl adjacent to an activating group) is 1.